The van der Waals surface area contributed by atoms with Crippen LogP contribution in [0.15, 0.2) is 12.4 Å². The predicted molar refractivity (Wildman–Crippen MR) is 72.7 cm³/mol. The van der Waals surface area contributed by atoms with E-state index in [1.54, 1.807) is 0 Å². The molecule has 0 aromatic carbocycles. The van der Waals surface area contributed by atoms with E-state index in [2.05, 4.69) is 21.2 Å². The Morgan fingerprint density at radius 3 is 2.79 bits per heavy atom. The molecule has 0 bridgehead atoms. The van der Waals surface area contributed by atoms with Crippen LogP contribution in [0.25, 0.3) is 5.65 Å². The topological polar surface area (TPSA) is 42.7 Å². The average molecular weight is 258 g/mol. The summed E-state index contributed by atoms with van der Waals surface area (Å²) in [5, 5.41) is 0. The molecule has 0 radical (unpaired) electrons. The molecule has 2 fully saturated rings. The highest BCUT2D eigenvalue weighted by Crippen LogP contribution is 2.41. The second-order valence-electron chi connectivity index (χ2n) is 5.40. The predicted octanol–water partition coefficient (Wildman–Crippen LogP) is 1.75. The van der Waals surface area contributed by atoms with Crippen molar-refractivity contribution in [1.29, 1.82) is 0 Å². The lowest BCUT2D eigenvalue weighted by Crippen LogP contribution is -2.37. The summed E-state index contributed by atoms with van der Waals surface area (Å²) >= 11 is 0. The highest BCUT2D eigenvalue weighted by molar-refractivity contribution is 5.66. The molecule has 0 atom stereocenters. The summed E-state index contributed by atoms with van der Waals surface area (Å²) in [5.41, 5.74) is 3.54. The van der Waals surface area contributed by atoms with Crippen molar-refractivity contribution < 1.29 is 4.74 Å². The van der Waals surface area contributed by atoms with Gasteiger partial charge in [-0.1, -0.05) is 0 Å². The molecule has 1 aliphatic carbocycles. The summed E-state index contributed by atoms with van der Waals surface area (Å²) in [6.07, 6.45) is 6.47. The molecule has 5 nitrogen and oxygen atoms in total. The quantitative estimate of drug-likeness (QED) is 0.823. The zero-order valence-electron chi connectivity index (χ0n) is 11.2. The number of anilines is 1. The smallest absolute Gasteiger partial charge is 0.180 e. The Labute approximate surface area is 112 Å². The van der Waals surface area contributed by atoms with E-state index in [1.807, 2.05) is 12.4 Å². The van der Waals surface area contributed by atoms with Gasteiger partial charge in [0.05, 0.1) is 18.9 Å². The summed E-state index contributed by atoms with van der Waals surface area (Å²) in [6.45, 7) is 5.52. The summed E-state index contributed by atoms with van der Waals surface area (Å²) in [7, 11) is 0. The third kappa shape index (κ3) is 1.80. The van der Waals surface area contributed by atoms with E-state index in [4.69, 9.17) is 9.72 Å². The monoisotopic (exact) mass is 258 g/mol. The van der Waals surface area contributed by atoms with Crippen molar-refractivity contribution in [3.05, 3.63) is 23.8 Å². The van der Waals surface area contributed by atoms with Gasteiger partial charge in [0.1, 0.15) is 0 Å². The minimum Gasteiger partial charge on any atom is -0.378 e. The van der Waals surface area contributed by atoms with E-state index >= 15 is 0 Å². The number of imidazole rings is 1. The van der Waals surface area contributed by atoms with Crippen molar-refractivity contribution in [2.45, 2.75) is 25.7 Å². The molecule has 0 amide bonds. The van der Waals surface area contributed by atoms with Crippen LogP contribution >= 0.6 is 0 Å². The Morgan fingerprint density at radius 2 is 2.05 bits per heavy atom. The number of aryl methyl sites for hydroxylation is 1. The van der Waals surface area contributed by atoms with Crippen LogP contribution in [-0.2, 0) is 4.74 Å². The number of hydrogen-bond donors (Lipinski definition) is 0. The minimum absolute atomic E-state index is 0.678. The number of morpholine rings is 1. The van der Waals surface area contributed by atoms with Gasteiger partial charge in [-0.3, -0.25) is 4.40 Å². The van der Waals surface area contributed by atoms with Gasteiger partial charge in [0, 0.05) is 37.1 Å². The Bertz CT molecular complexity index is 611. The van der Waals surface area contributed by atoms with Crippen molar-refractivity contribution in [2.75, 3.05) is 31.2 Å². The second kappa shape index (κ2) is 4.20. The Kier molecular flexibility index (Phi) is 2.48. The fourth-order valence-corrected chi connectivity index (χ4v) is 2.84. The van der Waals surface area contributed by atoms with E-state index in [1.165, 1.54) is 24.2 Å². The maximum absolute atomic E-state index is 5.41. The number of nitrogens with zero attached hydrogens (tertiary/aromatic N) is 4. The fourth-order valence-electron chi connectivity index (χ4n) is 2.84. The first-order chi connectivity index (χ1) is 9.34. The minimum atomic E-state index is 0.678. The number of fused-ring (bicyclic) bond motifs is 1. The van der Waals surface area contributed by atoms with Gasteiger partial charge in [0.15, 0.2) is 11.5 Å². The zero-order chi connectivity index (χ0) is 12.8. The summed E-state index contributed by atoms with van der Waals surface area (Å²) in [6, 6.07) is 0. The molecule has 1 saturated carbocycles. The van der Waals surface area contributed by atoms with Crippen molar-refractivity contribution in [3.8, 4) is 0 Å². The van der Waals surface area contributed by atoms with Gasteiger partial charge in [0.2, 0.25) is 0 Å². The molecule has 0 N–H and O–H groups in total. The number of aromatic nitrogens is 3. The summed E-state index contributed by atoms with van der Waals surface area (Å²) in [4.78, 5) is 11.7. The molecule has 0 unspecified atom stereocenters. The standard InChI is InChI=1S/C14H18N4O/c1-10-12(11-2-3-11)16-14-13(15-4-5-18(10)14)17-6-8-19-9-7-17/h4-5,11H,2-3,6-9H2,1H3. The first-order valence-corrected chi connectivity index (χ1v) is 7.01. The normalized spacial score (nSPS) is 20.2. The summed E-state index contributed by atoms with van der Waals surface area (Å²) in [5.74, 6) is 1.68. The average Bonchev–Trinajstić information content (AvgIpc) is 3.25. The molecule has 100 valence electrons. The first kappa shape index (κ1) is 11.2. The van der Waals surface area contributed by atoms with E-state index in [0.29, 0.717) is 5.92 Å². The lowest BCUT2D eigenvalue weighted by atomic mass is 10.2. The molecule has 3 heterocycles. The molecule has 5 heteroatoms. The zero-order valence-corrected chi connectivity index (χ0v) is 11.2. The maximum Gasteiger partial charge on any atom is 0.180 e. The lowest BCUT2D eigenvalue weighted by Gasteiger charge is -2.27. The third-order valence-electron chi connectivity index (χ3n) is 4.07. The van der Waals surface area contributed by atoms with E-state index in [9.17, 15) is 0 Å². The largest absolute Gasteiger partial charge is 0.378 e. The van der Waals surface area contributed by atoms with Crippen LogP contribution in [0.3, 0.4) is 0 Å². The third-order valence-corrected chi connectivity index (χ3v) is 4.07. The van der Waals surface area contributed by atoms with Crippen LogP contribution < -0.4 is 4.90 Å². The number of hydrogen-bond acceptors (Lipinski definition) is 4. The summed E-state index contributed by atoms with van der Waals surface area (Å²) < 4.78 is 7.60. The van der Waals surface area contributed by atoms with Gasteiger partial charge in [0.25, 0.3) is 0 Å². The van der Waals surface area contributed by atoms with Crippen molar-refractivity contribution in [3.63, 3.8) is 0 Å². The van der Waals surface area contributed by atoms with E-state index < -0.39 is 0 Å². The fraction of sp³-hybridized carbons (Fsp3) is 0.571. The van der Waals surface area contributed by atoms with Crippen molar-refractivity contribution in [2.24, 2.45) is 0 Å². The van der Waals surface area contributed by atoms with Gasteiger partial charge >= 0.3 is 0 Å². The SMILES string of the molecule is Cc1c(C2CC2)nc2c(N3CCOCC3)nccn12. The molecule has 19 heavy (non-hydrogen) atoms. The van der Waals surface area contributed by atoms with Crippen LogP contribution in [0.5, 0.6) is 0 Å². The Hall–Kier alpha value is -1.62. The second-order valence-corrected chi connectivity index (χ2v) is 5.40. The van der Waals surface area contributed by atoms with E-state index in [-0.39, 0.29) is 0 Å². The highest BCUT2D eigenvalue weighted by Gasteiger charge is 2.29. The van der Waals surface area contributed by atoms with Crippen LogP contribution in [-0.4, -0.2) is 40.7 Å². The van der Waals surface area contributed by atoms with Gasteiger partial charge in [-0.15, -0.1) is 0 Å². The molecule has 2 aromatic heterocycles. The van der Waals surface area contributed by atoms with Gasteiger partial charge in [-0.05, 0) is 19.8 Å². The number of ether oxygens (including phenoxy) is 1. The van der Waals surface area contributed by atoms with Crippen molar-refractivity contribution in [1.82, 2.24) is 14.4 Å². The highest BCUT2D eigenvalue weighted by atomic mass is 16.5. The molecule has 1 saturated heterocycles. The van der Waals surface area contributed by atoms with Crippen LogP contribution in [0.1, 0.15) is 30.1 Å². The molecular weight excluding hydrogens is 240 g/mol. The van der Waals surface area contributed by atoms with Crippen LogP contribution in [0.4, 0.5) is 5.82 Å². The van der Waals surface area contributed by atoms with Gasteiger partial charge in [-0.25, -0.2) is 9.97 Å². The lowest BCUT2D eigenvalue weighted by molar-refractivity contribution is 0.122. The first-order valence-electron chi connectivity index (χ1n) is 7.01. The van der Waals surface area contributed by atoms with Crippen LogP contribution in [0, 0.1) is 6.92 Å². The molecule has 0 spiro atoms. The van der Waals surface area contributed by atoms with Gasteiger partial charge in [-0.2, -0.15) is 0 Å². The van der Waals surface area contributed by atoms with Gasteiger partial charge < -0.3 is 9.64 Å². The van der Waals surface area contributed by atoms with E-state index in [0.717, 1.165) is 37.8 Å². The molecule has 1 aliphatic heterocycles. The molecule has 2 aliphatic rings. The maximum atomic E-state index is 5.41. The molecule has 2 aromatic rings. The number of rotatable bonds is 2. The van der Waals surface area contributed by atoms with Crippen LogP contribution in [0.2, 0.25) is 0 Å². The molecular formula is C14H18N4O. The Morgan fingerprint density at radius 1 is 1.26 bits per heavy atom. The Balaban J connectivity index is 1.83. The molecule has 4 rings (SSSR count). The van der Waals surface area contributed by atoms with Crippen molar-refractivity contribution >= 4 is 11.5 Å².